The lowest BCUT2D eigenvalue weighted by molar-refractivity contribution is -0.167. The van der Waals surface area contributed by atoms with Gasteiger partial charge in [-0.05, 0) is 44.9 Å². The summed E-state index contributed by atoms with van der Waals surface area (Å²) in [6.45, 7) is 6.62. The van der Waals surface area contributed by atoms with Crippen LogP contribution < -0.4 is 0 Å². The predicted molar refractivity (Wildman–Crippen MR) is 317 cm³/mol. The Morgan fingerprint density at radius 2 is 0.452 bits per heavy atom. The minimum absolute atomic E-state index is 0.0660. The van der Waals surface area contributed by atoms with Crippen molar-refractivity contribution in [1.29, 1.82) is 0 Å². The van der Waals surface area contributed by atoms with Crippen molar-refractivity contribution < 1.29 is 28.6 Å². The Balaban J connectivity index is 3.89. The fraction of sp³-hybridized carbons (Fsp3) is 0.925. The van der Waals surface area contributed by atoms with Crippen molar-refractivity contribution in [1.82, 2.24) is 0 Å². The van der Waals surface area contributed by atoms with Crippen LogP contribution in [0.3, 0.4) is 0 Å². The van der Waals surface area contributed by atoms with E-state index in [-0.39, 0.29) is 31.1 Å². The minimum atomic E-state index is -0.764. The van der Waals surface area contributed by atoms with Crippen LogP contribution in [0, 0.1) is 0 Å². The monoisotopic (exact) mass is 1030 g/mol. The second kappa shape index (κ2) is 62.7. The summed E-state index contributed by atoms with van der Waals surface area (Å²) in [5, 5.41) is 0. The maximum atomic E-state index is 12.8. The summed E-state index contributed by atoms with van der Waals surface area (Å²) < 4.78 is 16.8. The third-order valence-corrected chi connectivity index (χ3v) is 15.3. The number of rotatable bonds is 62. The molecule has 0 N–H and O–H groups in total. The van der Waals surface area contributed by atoms with Gasteiger partial charge >= 0.3 is 17.9 Å². The number of esters is 3. The number of hydrogen-bond acceptors (Lipinski definition) is 6. The highest BCUT2D eigenvalue weighted by Gasteiger charge is 2.19. The molecule has 0 fully saturated rings. The van der Waals surface area contributed by atoms with Crippen LogP contribution in [0.25, 0.3) is 0 Å². The first-order chi connectivity index (χ1) is 36.0. The van der Waals surface area contributed by atoms with E-state index < -0.39 is 6.10 Å². The molecule has 6 heteroatoms. The largest absolute Gasteiger partial charge is 0.462 e. The van der Waals surface area contributed by atoms with E-state index in [4.69, 9.17) is 14.2 Å². The lowest BCUT2D eigenvalue weighted by Gasteiger charge is -2.18. The Labute approximate surface area is 456 Å². The second-order valence-electron chi connectivity index (χ2n) is 22.7. The Bertz CT molecular complexity index is 1130. The van der Waals surface area contributed by atoms with E-state index in [0.717, 1.165) is 64.2 Å². The molecule has 1 atom stereocenters. The summed E-state index contributed by atoms with van der Waals surface area (Å²) in [4.78, 5) is 37.9. The molecule has 0 rings (SSSR count). The van der Waals surface area contributed by atoms with Gasteiger partial charge in [-0.2, -0.15) is 0 Å². The molecule has 0 aromatic carbocycles. The summed E-state index contributed by atoms with van der Waals surface area (Å²) in [6, 6.07) is 0. The highest BCUT2D eigenvalue weighted by molar-refractivity contribution is 5.71. The Morgan fingerprint density at radius 3 is 0.685 bits per heavy atom. The molecular weight excluding hydrogens is 901 g/mol. The van der Waals surface area contributed by atoms with Crippen molar-refractivity contribution in [2.45, 2.75) is 386 Å². The highest BCUT2D eigenvalue weighted by atomic mass is 16.6. The number of hydrogen-bond donors (Lipinski definition) is 0. The third-order valence-electron chi connectivity index (χ3n) is 15.3. The highest BCUT2D eigenvalue weighted by Crippen LogP contribution is 2.19. The molecule has 0 spiro atoms. The maximum Gasteiger partial charge on any atom is 0.306 e. The van der Waals surface area contributed by atoms with E-state index in [1.165, 1.54) is 276 Å². The van der Waals surface area contributed by atoms with Crippen LogP contribution in [-0.2, 0) is 28.6 Å². The van der Waals surface area contributed by atoms with Gasteiger partial charge in [-0.25, -0.2) is 0 Å². The zero-order chi connectivity index (χ0) is 52.9. The van der Waals surface area contributed by atoms with Crippen LogP contribution in [0.4, 0.5) is 0 Å². The molecule has 0 aromatic heterocycles. The van der Waals surface area contributed by atoms with Gasteiger partial charge < -0.3 is 14.2 Å². The molecule has 6 nitrogen and oxygen atoms in total. The number of allylic oxidation sites excluding steroid dienone is 2. The molecule has 73 heavy (non-hydrogen) atoms. The third kappa shape index (κ3) is 60.9. The molecule has 0 aliphatic heterocycles. The van der Waals surface area contributed by atoms with Crippen molar-refractivity contribution in [3.8, 4) is 0 Å². The standard InChI is InChI=1S/C67H128O6/c1-4-7-10-13-15-17-19-21-23-25-27-28-29-30-31-32-33-34-35-36-37-38-40-41-43-45-47-49-51-54-57-60-66(69)72-63-64(62-71-65(68)59-56-53-12-9-6-3)73-67(70)61-58-55-52-50-48-46-44-42-39-26-24-22-20-18-16-14-11-8-5-2/h22,24,64H,4-21,23,25-63H2,1-3H3/b24-22-. The first kappa shape index (κ1) is 71.2. The van der Waals surface area contributed by atoms with Crippen molar-refractivity contribution in [3.05, 3.63) is 12.2 Å². The van der Waals surface area contributed by atoms with Gasteiger partial charge in [0, 0.05) is 19.3 Å². The van der Waals surface area contributed by atoms with Crippen LogP contribution in [0.1, 0.15) is 380 Å². The van der Waals surface area contributed by atoms with Crippen molar-refractivity contribution >= 4 is 17.9 Å². The van der Waals surface area contributed by atoms with Gasteiger partial charge in [-0.15, -0.1) is 0 Å². The van der Waals surface area contributed by atoms with Gasteiger partial charge in [0.2, 0.25) is 0 Å². The van der Waals surface area contributed by atoms with Crippen molar-refractivity contribution in [3.63, 3.8) is 0 Å². The molecule has 0 aliphatic rings. The predicted octanol–water partition coefficient (Wildman–Crippen LogP) is 22.4. The summed E-state index contributed by atoms with van der Waals surface area (Å²) in [6.07, 6.45) is 74.4. The van der Waals surface area contributed by atoms with E-state index >= 15 is 0 Å². The molecule has 0 saturated heterocycles. The normalized spacial score (nSPS) is 12.0. The van der Waals surface area contributed by atoms with Crippen LogP contribution in [0.5, 0.6) is 0 Å². The van der Waals surface area contributed by atoms with Gasteiger partial charge in [0.15, 0.2) is 6.10 Å². The van der Waals surface area contributed by atoms with Crippen LogP contribution in [-0.4, -0.2) is 37.2 Å². The van der Waals surface area contributed by atoms with E-state index in [1.54, 1.807) is 0 Å². The second-order valence-corrected chi connectivity index (χ2v) is 22.7. The van der Waals surface area contributed by atoms with E-state index in [9.17, 15) is 14.4 Å². The molecule has 0 heterocycles. The fourth-order valence-corrected chi connectivity index (χ4v) is 10.3. The molecule has 432 valence electrons. The van der Waals surface area contributed by atoms with Crippen LogP contribution in [0.2, 0.25) is 0 Å². The van der Waals surface area contributed by atoms with Crippen molar-refractivity contribution in [2.24, 2.45) is 0 Å². The lowest BCUT2D eigenvalue weighted by Crippen LogP contribution is -2.30. The van der Waals surface area contributed by atoms with Gasteiger partial charge in [0.25, 0.3) is 0 Å². The van der Waals surface area contributed by atoms with Gasteiger partial charge in [0.1, 0.15) is 13.2 Å². The lowest BCUT2D eigenvalue weighted by atomic mass is 10.0. The van der Waals surface area contributed by atoms with E-state index in [1.807, 2.05) is 0 Å². The van der Waals surface area contributed by atoms with E-state index in [2.05, 4.69) is 32.9 Å². The van der Waals surface area contributed by atoms with E-state index in [0.29, 0.717) is 19.3 Å². The maximum absolute atomic E-state index is 12.8. The Hall–Kier alpha value is -1.85. The SMILES string of the molecule is CCCCCCCC/C=C\CCCCCCCCCCCC(=O)OC(COC(=O)CCCCCCC)COC(=O)CCCCCCCCCCCCCCCCCCCCCCCCCCCCCCCCC. The molecule has 0 saturated carbocycles. The molecule has 0 amide bonds. The molecule has 1 unspecified atom stereocenters. The first-order valence-corrected chi connectivity index (χ1v) is 33.2. The summed E-state index contributed by atoms with van der Waals surface area (Å²) in [5.74, 6) is -0.857. The fourth-order valence-electron chi connectivity index (χ4n) is 10.3. The smallest absolute Gasteiger partial charge is 0.306 e. The van der Waals surface area contributed by atoms with Gasteiger partial charge in [-0.1, -0.05) is 328 Å². The number of unbranched alkanes of at least 4 members (excludes halogenated alkanes) is 49. The van der Waals surface area contributed by atoms with Crippen molar-refractivity contribution in [2.75, 3.05) is 13.2 Å². The summed E-state index contributed by atoms with van der Waals surface area (Å²) >= 11 is 0. The Morgan fingerprint density at radius 1 is 0.260 bits per heavy atom. The number of carbonyl (C=O) groups excluding carboxylic acids is 3. The average molecular weight is 1030 g/mol. The number of carbonyl (C=O) groups is 3. The van der Waals surface area contributed by atoms with Gasteiger partial charge in [-0.3, -0.25) is 14.4 Å². The quantitative estimate of drug-likeness (QED) is 0.0261. The minimum Gasteiger partial charge on any atom is -0.462 e. The molecule has 0 bridgehead atoms. The first-order valence-electron chi connectivity index (χ1n) is 33.2. The molecular formula is C67H128O6. The summed E-state index contributed by atoms with van der Waals surface area (Å²) in [7, 11) is 0. The van der Waals surface area contributed by atoms with Crippen LogP contribution in [0.15, 0.2) is 12.2 Å². The molecule has 0 radical (unpaired) electrons. The zero-order valence-electron chi connectivity index (χ0n) is 49.7. The van der Waals surface area contributed by atoms with Crippen LogP contribution >= 0.6 is 0 Å². The Kier molecular flexibility index (Phi) is 61.1. The summed E-state index contributed by atoms with van der Waals surface area (Å²) in [5.41, 5.74) is 0. The average Bonchev–Trinajstić information content (AvgIpc) is 3.39. The molecule has 0 aromatic rings. The molecule has 0 aliphatic carbocycles. The van der Waals surface area contributed by atoms with Gasteiger partial charge in [0.05, 0.1) is 0 Å². The zero-order valence-corrected chi connectivity index (χ0v) is 49.7. The number of ether oxygens (including phenoxy) is 3. The topological polar surface area (TPSA) is 78.9 Å².